The zero-order valence-electron chi connectivity index (χ0n) is 11.1. The molecule has 6 heteroatoms. The molecule has 112 valence electrons. The molecule has 1 aliphatic rings. The average molecular weight is 288 g/mol. The lowest BCUT2D eigenvalue weighted by atomic mass is 9.86. The smallest absolute Gasteiger partial charge is 0.398 e. The fraction of sp³-hybridized carbons (Fsp3) is 0.571. The molecule has 1 aromatic rings. The maximum absolute atomic E-state index is 12.7. The monoisotopic (exact) mass is 288 g/mol. The van der Waals surface area contributed by atoms with Crippen molar-refractivity contribution in [2.75, 3.05) is 17.6 Å². The predicted molar refractivity (Wildman–Crippen MR) is 72.3 cm³/mol. The van der Waals surface area contributed by atoms with Gasteiger partial charge >= 0.3 is 6.18 Å². The lowest BCUT2D eigenvalue weighted by molar-refractivity contribution is -0.136. The number of anilines is 2. The number of hydrogen-bond donors (Lipinski definition) is 3. The molecule has 0 bridgehead atoms. The Morgan fingerprint density at radius 3 is 2.60 bits per heavy atom. The molecule has 1 saturated carbocycles. The molecule has 1 aromatic carbocycles. The Morgan fingerprint density at radius 1 is 1.25 bits per heavy atom. The van der Waals surface area contributed by atoms with Crippen LogP contribution in [0.3, 0.4) is 0 Å². The van der Waals surface area contributed by atoms with Crippen LogP contribution in [0.15, 0.2) is 18.2 Å². The highest BCUT2D eigenvalue weighted by atomic mass is 19.4. The van der Waals surface area contributed by atoms with Gasteiger partial charge in [-0.05, 0) is 31.0 Å². The molecule has 2 rings (SSSR count). The summed E-state index contributed by atoms with van der Waals surface area (Å²) < 4.78 is 38.2. The first-order valence-corrected chi connectivity index (χ1v) is 6.76. The number of nitrogen functional groups attached to an aromatic ring is 1. The average Bonchev–Trinajstić information content (AvgIpc) is 2.38. The van der Waals surface area contributed by atoms with E-state index in [9.17, 15) is 18.3 Å². The topological polar surface area (TPSA) is 58.3 Å². The number of aliphatic hydroxyl groups excluding tert-OH is 1. The molecule has 0 radical (unpaired) electrons. The van der Waals surface area contributed by atoms with Gasteiger partial charge in [-0.25, -0.2) is 0 Å². The third-order valence-electron chi connectivity index (χ3n) is 3.80. The van der Waals surface area contributed by atoms with Crippen molar-refractivity contribution in [3.8, 4) is 0 Å². The van der Waals surface area contributed by atoms with Crippen LogP contribution in [0.2, 0.25) is 0 Å². The van der Waals surface area contributed by atoms with Gasteiger partial charge in [0.25, 0.3) is 0 Å². The number of halogens is 3. The van der Waals surface area contributed by atoms with Gasteiger partial charge in [0.15, 0.2) is 0 Å². The number of rotatable bonds is 3. The first-order valence-electron chi connectivity index (χ1n) is 6.76. The van der Waals surface area contributed by atoms with Crippen molar-refractivity contribution in [3.63, 3.8) is 0 Å². The highest BCUT2D eigenvalue weighted by molar-refractivity contribution is 5.58. The normalized spacial score (nSPS) is 23.6. The van der Waals surface area contributed by atoms with E-state index in [0.717, 1.165) is 31.7 Å². The lowest BCUT2D eigenvalue weighted by Crippen LogP contribution is -2.30. The van der Waals surface area contributed by atoms with Crippen LogP contribution in [0.1, 0.15) is 31.2 Å². The van der Waals surface area contributed by atoms with Gasteiger partial charge in [0, 0.05) is 23.8 Å². The van der Waals surface area contributed by atoms with Crippen LogP contribution in [0, 0.1) is 5.92 Å². The first-order chi connectivity index (χ1) is 9.38. The molecular weight excluding hydrogens is 269 g/mol. The van der Waals surface area contributed by atoms with Gasteiger partial charge in [-0.15, -0.1) is 0 Å². The highest BCUT2D eigenvalue weighted by Gasteiger charge is 2.33. The Morgan fingerprint density at radius 2 is 1.95 bits per heavy atom. The van der Waals surface area contributed by atoms with Crippen LogP contribution in [-0.2, 0) is 6.18 Å². The molecule has 2 atom stereocenters. The summed E-state index contributed by atoms with van der Waals surface area (Å²) in [6.45, 7) is 0.475. The Hall–Kier alpha value is -1.43. The molecule has 2 unspecified atom stereocenters. The van der Waals surface area contributed by atoms with E-state index < -0.39 is 11.7 Å². The fourth-order valence-electron chi connectivity index (χ4n) is 2.59. The second-order valence-electron chi connectivity index (χ2n) is 5.29. The molecular formula is C14H19F3N2O. The first kappa shape index (κ1) is 15.0. The molecule has 1 aliphatic carbocycles. The van der Waals surface area contributed by atoms with Crippen molar-refractivity contribution in [2.45, 2.75) is 38.0 Å². The van der Waals surface area contributed by atoms with Crippen molar-refractivity contribution < 1.29 is 18.3 Å². The molecule has 20 heavy (non-hydrogen) atoms. The fourth-order valence-corrected chi connectivity index (χ4v) is 2.59. The molecule has 3 nitrogen and oxygen atoms in total. The van der Waals surface area contributed by atoms with Gasteiger partial charge in [0.1, 0.15) is 0 Å². The standard InChI is InChI=1S/C14H19F3N2O/c15-14(16,17)11-7-10(5-6-12(11)18)19-8-9-3-1-2-4-13(9)20/h5-7,9,13,19-20H,1-4,8,18H2. The molecule has 0 spiro atoms. The van der Waals surface area contributed by atoms with Crippen LogP contribution in [-0.4, -0.2) is 17.8 Å². The van der Waals surface area contributed by atoms with Crippen LogP contribution >= 0.6 is 0 Å². The summed E-state index contributed by atoms with van der Waals surface area (Å²) in [6.07, 6.45) is -1.09. The van der Waals surface area contributed by atoms with E-state index in [0.29, 0.717) is 12.2 Å². The van der Waals surface area contributed by atoms with Gasteiger partial charge in [0.05, 0.1) is 11.7 Å². The largest absolute Gasteiger partial charge is 0.418 e. The van der Waals surface area contributed by atoms with E-state index in [1.54, 1.807) is 0 Å². The quantitative estimate of drug-likeness (QED) is 0.748. The number of benzene rings is 1. The van der Waals surface area contributed by atoms with E-state index in [4.69, 9.17) is 5.73 Å². The Kier molecular flexibility index (Phi) is 4.42. The van der Waals surface area contributed by atoms with Crippen molar-refractivity contribution in [3.05, 3.63) is 23.8 Å². The van der Waals surface area contributed by atoms with Crippen molar-refractivity contribution in [1.29, 1.82) is 0 Å². The SMILES string of the molecule is Nc1ccc(NCC2CCCCC2O)cc1C(F)(F)F. The van der Waals surface area contributed by atoms with Gasteiger partial charge in [-0.2, -0.15) is 13.2 Å². The van der Waals surface area contributed by atoms with E-state index in [1.165, 1.54) is 12.1 Å². The van der Waals surface area contributed by atoms with E-state index >= 15 is 0 Å². The number of hydrogen-bond acceptors (Lipinski definition) is 3. The summed E-state index contributed by atoms with van der Waals surface area (Å²) >= 11 is 0. The Bertz CT molecular complexity index is 462. The minimum absolute atomic E-state index is 0.0932. The number of aliphatic hydroxyl groups is 1. The van der Waals surface area contributed by atoms with E-state index in [-0.39, 0.29) is 17.7 Å². The van der Waals surface area contributed by atoms with E-state index in [1.807, 2.05) is 0 Å². The maximum Gasteiger partial charge on any atom is 0.418 e. The third-order valence-corrected chi connectivity index (χ3v) is 3.80. The Labute approximate surface area is 116 Å². The van der Waals surface area contributed by atoms with Crippen LogP contribution in [0.4, 0.5) is 24.5 Å². The van der Waals surface area contributed by atoms with Crippen molar-refractivity contribution in [2.24, 2.45) is 5.92 Å². The zero-order chi connectivity index (χ0) is 14.8. The van der Waals surface area contributed by atoms with Gasteiger partial charge in [0.2, 0.25) is 0 Å². The number of nitrogens with one attached hydrogen (secondary N) is 1. The second-order valence-corrected chi connectivity index (χ2v) is 5.29. The summed E-state index contributed by atoms with van der Waals surface area (Å²) in [4.78, 5) is 0. The highest BCUT2D eigenvalue weighted by Crippen LogP contribution is 2.35. The maximum atomic E-state index is 12.7. The van der Waals surface area contributed by atoms with Gasteiger partial charge in [-0.1, -0.05) is 12.8 Å². The summed E-state index contributed by atoms with van der Waals surface area (Å²) in [6, 6.07) is 3.80. The van der Waals surface area contributed by atoms with Gasteiger partial charge < -0.3 is 16.2 Å². The van der Waals surface area contributed by atoms with Crippen molar-refractivity contribution >= 4 is 11.4 Å². The summed E-state index contributed by atoms with van der Waals surface area (Å²) in [5, 5.41) is 12.8. The van der Waals surface area contributed by atoms with Crippen molar-refractivity contribution in [1.82, 2.24) is 0 Å². The lowest BCUT2D eigenvalue weighted by Gasteiger charge is -2.28. The molecule has 0 aliphatic heterocycles. The molecule has 1 fully saturated rings. The zero-order valence-corrected chi connectivity index (χ0v) is 11.1. The van der Waals surface area contributed by atoms with Crippen LogP contribution in [0.25, 0.3) is 0 Å². The molecule has 0 amide bonds. The third kappa shape index (κ3) is 3.56. The summed E-state index contributed by atoms with van der Waals surface area (Å²) in [5.74, 6) is 0.0932. The van der Waals surface area contributed by atoms with Crippen LogP contribution < -0.4 is 11.1 Å². The van der Waals surface area contributed by atoms with E-state index in [2.05, 4.69) is 5.32 Å². The number of nitrogens with two attached hydrogens (primary N) is 1. The molecule has 4 N–H and O–H groups in total. The molecule has 0 saturated heterocycles. The predicted octanol–water partition coefficient (Wildman–Crippen LogP) is 3.25. The summed E-state index contributed by atoms with van der Waals surface area (Å²) in [7, 11) is 0. The molecule has 0 aromatic heterocycles. The Balaban J connectivity index is 2.03. The number of alkyl halides is 3. The van der Waals surface area contributed by atoms with Crippen LogP contribution in [0.5, 0.6) is 0 Å². The minimum atomic E-state index is -4.45. The minimum Gasteiger partial charge on any atom is -0.398 e. The molecule has 0 heterocycles. The second kappa shape index (κ2) is 5.91. The summed E-state index contributed by atoms with van der Waals surface area (Å²) in [5.41, 5.74) is 4.62. The van der Waals surface area contributed by atoms with Gasteiger partial charge in [-0.3, -0.25) is 0 Å².